The molecule has 2 N–H and O–H groups in total. The highest BCUT2D eigenvalue weighted by atomic mass is 16.3. The first-order valence-electron chi connectivity index (χ1n) is 7.45. The zero-order valence-electron chi connectivity index (χ0n) is 12.5. The number of nitrogens with two attached hydrogens (primary N) is 1. The Morgan fingerprint density at radius 1 is 0.900 bits per heavy atom. The van der Waals surface area contributed by atoms with E-state index in [1.807, 2.05) is 26.0 Å². The lowest BCUT2D eigenvalue weighted by molar-refractivity contribution is 0.605. The first kappa shape index (κ1) is 14.7. The number of furan rings is 2. The van der Waals surface area contributed by atoms with Crippen molar-refractivity contribution in [2.45, 2.75) is 40.0 Å². The summed E-state index contributed by atoms with van der Waals surface area (Å²) in [6, 6.07) is 4.05. The summed E-state index contributed by atoms with van der Waals surface area (Å²) in [5, 5.41) is 2.31. The van der Waals surface area contributed by atoms with Crippen LogP contribution in [0.1, 0.15) is 38.3 Å². The van der Waals surface area contributed by atoms with Gasteiger partial charge in [-0.25, -0.2) is 0 Å². The van der Waals surface area contributed by atoms with E-state index in [1.54, 1.807) is 12.5 Å². The molecule has 3 aromatic rings. The van der Waals surface area contributed by atoms with Gasteiger partial charge in [0.15, 0.2) is 0 Å². The molecular weight excluding hydrogens is 250 g/mol. The van der Waals surface area contributed by atoms with Crippen molar-refractivity contribution in [3.8, 4) is 0 Å². The lowest BCUT2D eigenvalue weighted by atomic mass is 9.97. The van der Waals surface area contributed by atoms with Crippen molar-refractivity contribution in [1.29, 1.82) is 0 Å². The quantitative estimate of drug-likeness (QED) is 0.752. The van der Waals surface area contributed by atoms with Crippen LogP contribution in [0, 0.1) is 0 Å². The molecule has 0 fully saturated rings. The molecule has 0 saturated carbocycles. The van der Waals surface area contributed by atoms with Crippen LogP contribution >= 0.6 is 0 Å². The molecule has 2 aromatic heterocycles. The maximum atomic E-state index is 5.70. The van der Waals surface area contributed by atoms with Crippen molar-refractivity contribution in [3.05, 3.63) is 35.8 Å². The maximum absolute atomic E-state index is 5.70. The van der Waals surface area contributed by atoms with E-state index in [1.165, 1.54) is 16.5 Å². The highest BCUT2D eigenvalue weighted by Crippen LogP contribution is 2.35. The monoisotopic (exact) mass is 273 g/mol. The number of fused-ring (bicyclic) bond motifs is 2. The molecule has 0 spiro atoms. The van der Waals surface area contributed by atoms with Gasteiger partial charge < -0.3 is 14.6 Å². The molecule has 0 unspecified atom stereocenters. The number of aryl methyl sites for hydroxylation is 1. The van der Waals surface area contributed by atoms with Gasteiger partial charge in [-0.15, -0.1) is 0 Å². The zero-order chi connectivity index (χ0) is 14.5. The van der Waals surface area contributed by atoms with E-state index < -0.39 is 0 Å². The number of hydrogen-bond donors (Lipinski definition) is 1. The van der Waals surface area contributed by atoms with Gasteiger partial charge in [-0.2, -0.15) is 0 Å². The predicted molar refractivity (Wildman–Crippen MR) is 84.1 cm³/mol. The lowest BCUT2D eigenvalue weighted by Gasteiger charge is -2.08. The normalized spacial score (nSPS) is 10.8. The van der Waals surface area contributed by atoms with Crippen LogP contribution in [0.25, 0.3) is 21.9 Å². The number of rotatable bonds is 4. The largest absolute Gasteiger partial charge is 0.464 e. The summed E-state index contributed by atoms with van der Waals surface area (Å²) >= 11 is 0. The second-order valence-corrected chi connectivity index (χ2v) is 4.57. The van der Waals surface area contributed by atoms with Gasteiger partial charge in [-0.3, -0.25) is 0 Å². The van der Waals surface area contributed by atoms with Crippen molar-refractivity contribution in [1.82, 2.24) is 0 Å². The molecule has 0 aliphatic rings. The molecule has 0 amide bonds. The fourth-order valence-electron chi connectivity index (χ4n) is 2.70. The van der Waals surface area contributed by atoms with E-state index in [0.717, 1.165) is 35.8 Å². The van der Waals surface area contributed by atoms with E-state index in [2.05, 4.69) is 6.92 Å². The van der Waals surface area contributed by atoms with Crippen LogP contribution in [-0.2, 0) is 12.8 Å². The van der Waals surface area contributed by atoms with Crippen LogP contribution in [0.3, 0.4) is 0 Å². The van der Waals surface area contributed by atoms with Crippen molar-refractivity contribution in [3.63, 3.8) is 0 Å². The second-order valence-electron chi connectivity index (χ2n) is 4.57. The SMILES string of the molecule is CC.CCCc1c2ccoc2c(CCN)c2ccoc12. The Hall–Kier alpha value is -1.74. The minimum atomic E-state index is 0.614. The third kappa shape index (κ3) is 2.34. The Morgan fingerprint density at radius 3 is 1.85 bits per heavy atom. The summed E-state index contributed by atoms with van der Waals surface area (Å²) in [5.74, 6) is 0. The molecule has 3 nitrogen and oxygen atoms in total. The van der Waals surface area contributed by atoms with Gasteiger partial charge in [0.05, 0.1) is 12.5 Å². The molecule has 108 valence electrons. The molecule has 0 aliphatic carbocycles. The van der Waals surface area contributed by atoms with Crippen LogP contribution in [0.15, 0.2) is 33.5 Å². The van der Waals surface area contributed by atoms with Crippen LogP contribution < -0.4 is 5.73 Å². The molecule has 0 saturated heterocycles. The average molecular weight is 273 g/mol. The first-order valence-corrected chi connectivity index (χ1v) is 7.45. The standard InChI is InChI=1S/C15H17NO2.C2H6/c1-2-3-10-12-5-8-18-15(12)11(4-7-16)13-6-9-17-14(10)13;1-2/h5-6,8-9H,2-4,7,16H2,1H3;1-2H3. The van der Waals surface area contributed by atoms with Crippen molar-refractivity contribution < 1.29 is 8.83 Å². The van der Waals surface area contributed by atoms with E-state index in [0.29, 0.717) is 6.54 Å². The molecule has 0 bridgehead atoms. The first-order chi connectivity index (χ1) is 9.86. The Kier molecular flexibility index (Phi) is 4.85. The third-order valence-corrected chi connectivity index (χ3v) is 3.42. The second kappa shape index (κ2) is 6.62. The highest BCUT2D eigenvalue weighted by molar-refractivity contribution is 6.01. The van der Waals surface area contributed by atoms with E-state index >= 15 is 0 Å². The maximum Gasteiger partial charge on any atom is 0.138 e. The summed E-state index contributed by atoms with van der Waals surface area (Å²) < 4.78 is 11.4. The van der Waals surface area contributed by atoms with Crippen LogP contribution in [-0.4, -0.2) is 6.54 Å². The zero-order valence-corrected chi connectivity index (χ0v) is 12.5. The Balaban J connectivity index is 0.000000704. The van der Waals surface area contributed by atoms with Gasteiger partial charge in [0.25, 0.3) is 0 Å². The molecular formula is C17H23NO2. The Labute approximate surface area is 119 Å². The molecule has 0 radical (unpaired) electrons. The Bertz CT molecular complexity index is 572. The van der Waals surface area contributed by atoms with Gasteiger partial charge >= 0.3 is 0 Å². The summed E-state index contributed by atoms with van der Waals surface area (Å²) in [6.45, 7) is 6.79. The summed E-state index contributed by atoms with van der Waals surface area (Å²) in [6.07, 6.45) is 6.41. The Morgan fingerprint density at radius 2 is 1.40 bits per heavy atom. The lowest BCUT2D eigenvalue weighted by Crippen LogP contribution is -2.04. The fourth-order valence-corrected chi connectivity index (χ4v) is 2.70. The minimum Gasteiger partial charge on any atom is -0.464 e. The van der Waals surface area contributed by atoms with Crippen molar-refractivity contribution in [2.75, 3.05) is 6.54 Å². The number of hydrogen-bond acceptors (Lipinski definition) is 3. The molecule has 0 atom stereocenters. The van der Waals surface area contributed by atoms with E-state index in [9.17, 15) is 0 Å². The van der Waals surface area contributed by atoms with Crippen molar-refractivity contribution in [2.24, 2.45) is 5.73 Å². The van der Waals surface area contributed by atoms with Crippen LogP contribution in [0.5, 0.6) is 0 Å². The molecule has 2 heterocycles. The molecule has 3 heteroatoms. The number of benzene rings is 1. The van der Waals surface area contributed by atoms with Gasteiger partial charge in [0.1, 0.15) is 11.2 Å². The summed E-state index contributed by atoms with van der Waals surface area (Å²) in [4.78, 5) is 0. The molecule has 20 heavy (non-hydrogen) atoms. The summed E-state index contributed by atoms with van der Waals surface area (Å²) in [5.41, 5.74) is 10.1. The minimum absolute atomic E-state index is 0.614. The molecule has 0 aliphatic heterocycles. The highest BCUT2D eigenvalue weighted by Gasteiger charge is 2.17. The smallest absolute Gasteiger partial charge is 0.138 e. The van der Waals surface area contributed by atoms with Crippen LogP contribution in [0.4, 0.5) is 0 Å². The molecule has 3 rings (SSSR count). The van der Waals surface area contributed by atoms with E-state index in [-0.39, 0.29) is 0 Å². The fraction of sp³-hybridized carbons (Fsp3) is 0.412. The van der Waals surface area contributed by atoms with Gasteiger partial charge in [0.2, 0.25) is 0 Å². The van der Waals surface area contributed by atoms with Gasteiger partial charge in [-0.1, -0.05) is 27.2 Å². The van der Waals surface area contributed by atoms with E-state index in [4.69, 9.17) is 14.6 Å². The van der Waals surface area contributed by atoms with Crippen LogP contribution in [0.2, 0.25) is 0 Å². The predicted octanol–water partition coefficient (Wildman–Crippen LogP) is 4.66. The van der Waals surface area contributed by atoms with Crippen molar-refractivity contribution >= 4 is 21.9 Å². The van der Waals surface area contributed by atoms with Gasteiger partial charge in [-0.05, 0) is 31.5 Å². The topological polar surface area (TPSA) is 52.3 Å². The van der Waals surface area contributed by atoms with Gasteiger partial charge in [0, 0.05) is 21.9 Å². The molecule has 1 aromatic carbocycles. The summed E-state index contributed by atoms with van der Waals surface area (Å²) in [7, 11) is 0. The third-order valence-electron chi connectivity index (χ3n) is 3.42. The average Bonchev–Trinajstić information content (AvgIpc) is 3.13.